The highest BCUT2D eigenvalue weighted by Crippen LogP contribution is 2.19. The Balaban J connectivity index is 1.72. The molecule has 1 saturated heterocycles. The summed E-state index contributed by atoms with van der Waals surface area (Å²) in [5.74, 6) is 0.399. The zero-order chi connectivity index (χ0) is 20.6. The van der Waals surface area contributed by atoms with E-state index in [2.05, 4.69) is 78.4 Å². The first kappa shape index (κ1) is 21.4. The number of anilines is 2. The number of hydrogen-bond donors (Lipinski definition) is 1. The van der Waals surface area contributed by atoms with Gasteiger partial charge in [-0.3, -0.25) is 9.69 Å². The smallest absolute Gasteiger partial charge is 0.206 e. The Kier molecular flexibility index (Phi) is 7.70. The van der Waals surface area contributed by atoms with E-state index in [1.54, 1.807) is 0 Å². The molecule has 1 aliphatic heterocycles. The van der Waals surface area contributed by atoms with Crippen molar-refractivity contribution in [3.63, 3.8) is 0 Å². The standard InChI is InChI=1S/C25H35N3O/c1-4-5-13-26-24-18-21(20(2)3)11-12-22(25(24)29)19-27-14-16-28(17-15-27)23-9-7-6-8-10-23/h6-12,18,20H,4-5,13-17,19H2,1-3H3,(H,26,29). The van der Waals surface area contributed by atoms with Gasteiger partial charge in [0.2, 0.25) is 5.43 Å². The molecule has 1 aliphatic rings. The van der Waals surface area contributed by atoms with Crippen LogP contribution in [0.1, 0.15) is 50.7 Å². The first-order chi connectivity index (χ1) is 14.1. The van der Waals surface area contributed by atoms with Crippen LogP contribution in [0.2, 0.25) is 0 Å². The summed E-state index contributed by atoms with van der Waals surface area (Å²) in [4.78, 5) is 18.0. The van der Waals surface area contributed by atoms with Crippen molar-refractivity contribution >= 4 is 11.4 Å². The Hall–Kier alpha value is -2.33. The molecule has 0 unspecified atom stereocenters. The van der Waals surface area contributed by atoms with Gasteiger partial charge in [-0.15, -0.1) is 0 Å². The molecule has 4 heteroatoms. The molecule has 0 amide bonds. The van der Waals surface area contributed by atoms with E-state index in [-0.39, 0.29) is 5.43 Å². The quantitative estimate of drug-likeness (QED) is 0.659. The van der Waals surface area contributed by atoms with Gasteiger partial charge >= 0.3 is 0 Å². The minimum Gasteiger partial charge on any atom is -0.382 e. The Morgan fingerprint density at radius 1 is 1.00 bits per heavy atom. The van der Waals surface area contributed by atoms with Crippen LogP contribution in [0, 0.1) is 0 Å². The average molecular weight is 394 g/mol. The van der Waals surface area contributed by atoms with Crippen molar-refractivity contribution in [1.29, 1.82) is 0 Å². The maximum atomic E-state index is 13.2. The lowest BCUT2D eigenvalue weighted by Crippen LogP contribution is -2.46. The summed E-state index contributed by atoms with van der Waals surface area (Å²) in [5, 5.41) is 3.40. The Morgan fingerprint density at radius 3 is 2.38 bits per heavy atom. The molecule has 0 bridgehead atoms. The molecule has 4 nitrogen and oxygen atoms in total. The second-order valence-corrected chi connectivity index (χ2v) is 8.28. The van der Waals surface area contributed by atoms with Gasteiger partial charge in [0.05, 0.1) is 5.69 Å². The lowest BCUT2D eigenvalue weighted by atomic mass is 10.1. The molecule has 1 fully saturated rings. The second kappa shape index (κ2) is 10.4. The molecule has 3 rings (SSSR count). The van der Waals surface area contributed by atoms with Crippen molar-refractivity contribution in [3.05, 3.63) is 69.9 Å². The van der Waals surface area contributed by atoms with Crippen molar-refractivity contribution in [3.8, 4) is 0 Å². The van der Waals surface area contributed by atoms with Crippen LogP contribution in [-0.2, 0) is 6.54 Å². The van der Waals surface area contributed by atoms with Crippen LogP contribution in [0.5, 0.6) is 0 Å². The molecule has 2 aromatic carbocycles. The SMILES string of the molecule is CCCCNc1cc(C(C)C)ccc(CN2CCN(c3ccccc3)CC2)c1=O. The summed E-state index contributed by atoms with van der Waals surface area (Å²) in [6, 6.07) is 16.8. The third kappa shape index (κ3) is 5.83. The molecule has 0 aromatic heterocycles. The number of benzene rings is 1. The molecule has 0 radical (unpaired) electrons. The van der Waals surface area contributed by atoms with Gasteiger partial charge in [-0.1, -0.05) is 57.5 Å². The van der Waals surface area contributed by atoms with Gasteiger partial charge in [-0.05, 0) is 36.1 Å². The van der Waals surface area contributed by atoms with E-state index in [1.165, 1.54) is 11.3 Å². The van der Waals surface area contributed by atoms with Gasteiger partial charge in [-0.25, -0.2) is 0 Å². The fourth-order valence-corrected chi connectivity index (χ4v) is 3.78. The number of rotatable bonds is 8. The van der Waals surface area contributed by atoms with Crippen LogP contribution in [0.25, 0.3) is 0 Å². The lowest BCUT2D eigenvalue weighted by Gasteiger charge is -2.36. The monoisotopic (exact) mass is 393 g/mol. The van der Waals surface area contributed by atoms with Gasteiger partial charge in [0.1, 0.15) is 0 Å². The van der Waals surface area contributed by atoms with Crippen molar-refractivity contribution in [1.82, 2.24) is 4.90 Å². The highest BCUT2D eigenvalue weighted by atomic mass is 16.1. The Morgan fingerprint density at radius 2 is 1.72 bits per heavy atom. The van der Waals surface area contributed by atoms with Crippen molar-refractivity contribution in [2.75, 3.05) is 42.9 Å². The second-order valence-electron chi connectivity index (χ2n) is 8.28. The summed E-state index contributed by atoms with van der Waals surface area (Å²) in [6.07, 6.45) is 2.20. The van der Waals surface area contributed by atoms with E-state index in [0.717, 1.165) is 63.4 Å². The zero-order valence-electron chi connectivity index (χ0n) is 18.2. The molecule has 2 aromatic rings. The number of nitrogens with zero attached hydrogens (tertiary/aromatic N) is 2. The maximum absolute atomic E-state index is 13.2. The van der Waals surface area contributed by atoms with Crippen LogP contribution in [0.3, 0.4) is 0 Å². The van der Waals surface area contributed by atoms with E-state index in [9.17, 15) is 4.79 Å². The number of hydrogen-bond acceptors (Lipinski definition) is 4. The normalized spacial score (nSPS) is 15.0. The number of nitrogens with one attached hydrogen (secondary N) is 1. The van der Waals surface area contributed by atoms with Crippen molar-refractivity contribution in [2.24, 2.45) is 0 Å². The van der Waals surface area contributed by atoms with Gasteiger partial charge in [-0.2, -0.15) is 0 Å². The predicted octanol–water partition coefficient (Wildman–Crippen LogP) is 4.70. The largest absolute Gasteiger partial charge is 0.382 e. The van der Waals surface area contributed by atoms with E-state index >= 15 is 0 Å². The number of unbranched alkanes of at least 4 members (excludes halogenated alkanes) is 1. The fraction of sp³-hybridized carbons (Fsp3) is 0.480. The first-order valence-corrected chi connectivity index (χ1v) is 11.0. The molecular weight excluding hydrogens is 358 g/mol. The van der Waals surface area contributed by atoms with Gasteiger partial charge < -0.3 is 10.2 Å². The molecule has 0 atom stereocenters. The molecule has 0 aliphatic carbocycles. The lowest BCUT2D eigenvalue weighted by molar-refractivity contribution is 0.249. The molecule has 1 heterocycles. The molecule has 1 N–H and O–H groups in total. The molecule has 156 valence electrons. The average Bonchev–Trinajstić information content (AvgIpc) is 2.89. The summed E-state index contributed by atoms with van der Waals surface area (Å²) in [5.41, 5.74) is 4.29. The highest BCUT2D eigenvalue weighted by molar-refractivity contribution is 5.48. The predicted molar refractivity (Wildman–Crippen MR) is 124 cm³/mol. The summed E-state index contributed by atoms with van der Waals surface area (Å²) in [6.45, 7) is 12.0. The van der Waals surface area contributed by atoms with E-state index in [4.69, 9.17) is 0 Å². The first-order valence-electron chi connectivity index (χ1n) is 11.0. The number of para-hydroxylation sites is 1. The summed E-state index contributed by atoms with van der Waals surface area (Å²) in [7, 11) is 0. The van der Waals surface area contributed by atoms with Crippen molar-refractivity contribution in [2.45, 2.75) is 46.1 Å². The Bertz CT molecular complexity index is 827. The summed E-state index contributed by atoms with van der Waals surface area (Å²) < 4.78 is 0. The van der Waals surface area contributed by atoms with Gasteiger partial charge in [0.25, 0.3) is 0 Å². The van der Waals surface area contributed by atoms with Crippen LogP contribution in [0.15, 0.2) is 53.3 Å². The maximum Gasteiger partial charge on any atom is 0.206 e. The molecular formula is C25H35N3O. The fourth-order valence-electron chi connectivity index (χ4n) is 3.78. The van der Waals surface area contributed by atoms with E-state index in [1.807, 2.05) is 6.07 Å². The number of piperazine rings is 1. The molecule has 29 heavy (non-hydrogen) atoms. The zero-order valence-corrected chi connectivity index (χ0v) is 18.2. The van der Waals surface area contributed by atoms with Gasteiger partial charge in [0.15, 0.2) is 0 Å². The summed E-state index contributed by atoms with van der Waals surface area (Å²) >= 11 is 0. The van der Waals surface area contributed by atoms with Crippen LogP contribution >= 0.6 is 0 Å². The molecule has 0 saturated carbocycles. The third-order valence-electron chi connectivity index (χ3n) is 5.72. The van der Waals surface area contributed by atoms with Crippen LogP contribution < -0.4 is 15.6 Å². The van der Waals surface area contributed by atoms with Crippen molar-refractivity contribution < 1.29 is 0 Å². The molecule has 0 spiro atoms. The third-order valence-corrected chi connectivity index (χ3v) is 5.72. The van der Waals surface area contributed by atoms with Gasteiger partial charge in [0, 0.05) is 50.5 Å². The van der Waals surface area contributed by atoms with Crippen LogP contribution in [0.4, 0.5) is 11.4 Å². The minimum absolute atomic E-state index is 0.151. The van der Waals surface area contributed by atoms with Crippen LogP contribution in [-0.4, -0.2) is 37.6 Å². The minimum atomic E-state index is 0.151. The Labute approximate surface area is 175 Å². The van der Waals surface area contributed by atoms with E-state index in [0.29, 0.717) is 5.92 Å². The topological polar surface area (TPSA) is 35.6 Å². The van der Waals surface area contributed by atoms with E-state index < -0.39 is 0 Å². The highest BCUT2D eigenvalue weighted by Gasteiger charge is 2.18.